The predicted octanol–water partition coefficient (Wildman–Crippen LogP) is 2.66. The van der Waals surface area contributed by atoms with E-state index in [0.717, 1.165) is 41.0 Å². The first-order chi connectivity index (χ1) is 13.9. The Hall–Kier alpha value is -2.39. The SMILES string of the molecule is CC(C)CS(=O)(=O)N1CCC[C@H](Cc2ncncc2-c2cnc3[nH]ccc3n2)C1. The highest BCUT2D eigenvalue weighted by molar-refractivity contribution is 7.89. The maximum Gasteiger partial charge on any atom is 0.214 e. The molecule has 0 amide bonds. The second-order valence-corrected chi connectivity index (χ2v) is 10.1. The molecule has 1 N–H and O–H groups in total. The maximum atomic E-state index is 12.7. The van der Waals surface area contributed by atoms with Gasteiger partial charge < -0.3 is 4.98 Å². The van der Waals surface area contributed by atoms with Gasteiger partial charge in [-0.15, -0.1) is 0 Å². The van der Waals surface area contributed by atoms with Gasteiger partial charge in [0.15, 0.2) is 5.65 Å². The monoisotopic (exact) mass is 414 g/mol. The number of hydrogen-bond acceptors (Lipinski definition) is 6. The highest BCUT2D eigenvalue weighted by Crippen LogP contribution is 2.27. The molecule has 1 atom stereocenters. The van der Waals surface area contributed by atoms with Crippen LogP contribution < -0.4 is 0 Å². The van der Waals surface area contributed by atoms with E-state index in [-0.39, 0.29) is 17.6 Å². The van der Waals surface area contributed by atoms with Gasteiger partial charge >= 0.3 is 0 Å². The molecule has 0 unspecified atom stereocenters. The molecule has 0 spiro atoms. The maximum absolute atomic E-state index is 12.7. The molecule has 1 aliphatic heterocycles. The fourth-order valence-corrected chi connectivity index (χ4v) is 5.84. The van der Waals surface area contributed by atoms with E-state index in [0.29, 0.717) is 19.5 Å². The molecule has 0 saturated carbocycles. The minimum Gasteiger partial charge on any atom is -0.345 e. The Bertz CT molecular complexity index is 1100. The van der Waals surface area contributed by atoms with E-state index in [1.807, 2.05) is 26.1 Å². The Balaban J connectivity index is 1.55. The summed E-state index contributed by atoms with van der Waals surface area (Å²) < 4.78 is 27.0. The van der Waals surface area contributed by atoms with Crippen LogP contribution in [0.5, 0.6) is 0 Å². The van der Waals surface area contributed by atoms with Crippen molar-refractivity contribution >= 4 is 21.2 Å². The Morgan fingerprint density at radius 2 is 2.14 bits per heavy atom. The standard InChI is InChI=1S/C20H26N6O2S/c1-14(2)12-29(27,28)26-7-3-4-15(11-26)8-18-16(9-21-13-24-18)19-10-23-20-17(25-19)5-6-22-20/h5-6,9-10,13-15H,3-4,7-8,11-12H2,1-2H3,(H,22,23)/t15-/m1/s1. The molecule has 154 valence electrons. The van der Waals surface area contributed by atoms with E-state index in [9.17, 15) is 8.42 Å². The van der Waals surface area contributed by atoms with Gasteiger partial charge in [-0.3, -0.25) is 0 Å². The van der Waals surface area contributed by atoms with Crippen molar-refractivity contribution in [3.63, 3.8) is 0 Å². The van der Waals surface area contributed by atoms with Crippen molar-refractivity contribution < 1.29 is 8.42 Å². The highest BCUT2D eigenvalue weighted by Gasteiger charge is 2.30. The Morgan fingerprint density at radius 1 is 1.28 bits per heavy atom. The van der Waals surface area contributed by atoms with Gasteiger partial charge in [-0.05, 0) is 37.2 Å². The third-order valence-corrected chi connectivity index (χ3v) is 7.44. The van der Waals surface area contributed by atoms with Crippen LogP contribution in [0.2, 0.25) is 0 Å². The zero-order chi connectivity index (χ0) is 20.4. The molecule has 1 aliphatic rings. The van der Waals surface area contributed by atoms with Crippen molar-refractivity contribution in [2.45, 2.75) is 33.1 Å². The first-order valence-electron chi connectivity index (χ1n) is 9.99. The van der Waals surface area contributed by atoms with Gasteiger partial charge in [0.2, 0.25) is 10.0 Å². The molecule has 29 heavy (non-hydrogen) atoms. The number of aromatic nitrogens is 5. The number of hydrogen-bond donors (Lipinski definition) is 1. The summed E-state index contributed by atoms with van der Waals surface area (Å²) in [6, 6.07) is 1.88. The molecule has 9 heteroatoms. The highest BCUT2D eigenvalue weighted by atomic mass is 32.2. The van der Waals surface area contributed by atoms with Crippen LogP contribution in [0.15, 0.2) is 31.0 Å². The van der Waals surface area contributed by atoms with E-state index >= 15 is 0 Å². The van der Waals surface area contributed by atoms with E-state index in [2.05, 4.69) is 24.9 Å². The summed E-state index contributed by atoms with van der Waals surface area (Å²) in [5, 5.41) is 0. The third-order valence-electron chi connectivity index (χ3n) is 5.23. The molecule has 0 aliphatic carbocycles. The number of rotatable bonds is 6. The minimum absolute atomic E-state index is 0.121. The second kappa shape index (κ2) is 8.16. The van der Waals surface area contributed by atoms with Gasteiger partial charge in [-0.2, -0.15) is 0 Å². The van der Waals surface area contributed by atoms with Gasteiger partial charge in [-0.1, -0.05) is 13.8 Å². The molecule has 3 aromatic rings. The zero-order valence-electron chi connectivity index (χ0n) is 16.7. The van der Waals surface area contributed by atoms with E-state index in [4.69, 9.17) is 0 Å². The van der Waals surface area contributed by atoms with E-state index in [1.54, 1.807) is 16.7 Å². The number of H-pyrrole nitrogens is 1. The van der Waals surface area contributed by atoms with Crippen molar-refractivity contribution in [2.24, 2.45) is 11.8 Å². The lowest BCUT2D eigenvalue weighted by molar-refractivity contribution is 0.263. The van der Waals surface area contributed by atoms with Crippen LogP contribution in [0.1, 0.15) is 32.4 Å². The number of aromatic amines is 1. The van der Waals surface area contributed by atoms with Crippen LogP contribution in [0, 0.1) is 11.8 Å². The topological polar surface area (TPSA) is 105 Å². The van der Waals surface area contributed by atoms with Crippen molar-refractivity contribution in [3.05, 3.63) is 36.7 Å². The molecule has 3 aromatic heterocycles. The largest absolute Gasteiger partial charge is 0.345 e. The quantitative estimate of drug-likeness (QED) is 0.665. The van der Waals surface area contributed by atoms with Gasteiger partial charge in [0.05, 0.1) is 23.3 Å². The number of nitrogens with one attached hydrogen (secondary N) is 1. The zero-order valence-corrected chi connectivity index (χ0v) is 17.6. The average Bonchev–Trinajstić information content (AvgIpc) is 3.15. The lowest BCUT2D eigenvalue weighted by Crippen LogP contribution is -2.42. The molecule has 0 aromatic carbocycles. The summed E-state index contributed by atoms with van der Waals surface area (Å²) in [7, 11) is -3.21. The minimum atomic E-state index is -3.21. The number of nitrogens with zero attached hydrogens (tertiary/aromatic N) is 5. The number of fused-ring (bicyclic) bond motifs is 1. The smallest absolute Gasteiger partial charge is 0.214 e. The fourth-order valence-electron chi connectivity index (χ4n) is 3.94. The van der Waals surface area contributed by atoms with E-state index < -0.39 is 10.0 Å². The predicted molar refractivity (Wildman–Crippen MR) is 112 cm³/mol. The average molecular weight is 415 g/mol. The summed E-state index contributed by atoms with van der Waals surface area (Å²) in [6.07, 6.45) is 9.39. The Morgan fingerprint density at radius 3 is 2.97 bits per heavy atom. The summed E-state index contributed by atoms with van der Waals surface area (Å²) in [6.45, 7) is 5.03. The van der Waals surface area contributed by atoms with E-state index in [1.165, 1.54) is 6.33 Å². The molecule has 0 bridgehead atoms. The van der Waals surface area contributed by atoms with Crippen molar-refractivity contribution in [2.75, 3.05) is 18.8 Å². The first-order valence-corrected chi connectivity index (χ1v) is 11.6. The van der Waals surface area contributed by atoms with Crippen LogP contribution in [0.3, 0.4) is 0 Å². The summed E-state index contributed by atoms with van der Waals surface area (Å²) in [4.78, 5) is 20.8. The molecule has 4 rings (SSSR count). The van der Waals surface area contributed by atoms with Crippen LogP contribution >= 0.6 is 0 Å². The summed E-state index contributed by atoms with van der Waals surface area (Å²) in [5.41, 5.74) is 4.00. The molecular formula is C20H26N6O2S. The Labute approximate surface area is 170 Å². The molecule has 1 fully saturated rings. The van der Waals surface area contributed by atoms with Crippen LogP contribution in [0.4, 0.5) is 0 Å². The molecular weight excluding hydrogens is 388 g/mol. The van der Waals surface area contributed by atoms with Gasteiger partial charge in [0.1, 0.15) is 11.8 Å². The Kier molecular flexibility index (Phi) is 5.60. The lowest BCUT2D eigenvalue weighted by atomic mass is 9.93. The fraction of sp³-hybridized carbons (Fsp3) is 0.500. The third kappa shape index (κ3) is 4.45. The van der Waals surface area contributed by atoms with Gasteiger partial charge in [0.25, 0.3) is 0 Å². The molecule has 1 saturated heterocycles. The molecule has 8 nitrogen and oxygen atoms in total. The van der Waals surface area contributed by atoms with Crippen LogP contribution in [-0.2, 0) is 16.4 Å². The molecule has 4 heterocycles. The lowest BCUT2D eigenvalue weighted by Gasteiger charge is -2.32. The first kappa shape index (κ1) is 19.9. The van der Waals surface area contributed by atoms with Gasteiger partial charge in [-0.25, -0.2) is 32.7 Å². The second-order valence-electron chi connectivity index (χ2n) is 8.09. The number of sulfonamides is 1. The normalized spacial score (nSPS) is 18.5. The van der Waals surface area contributed by atoms with Crippen LogP contribution in [0.25, 0.3) is 22.4 Å². The van der Waals surface area contributed by atoms with Crippen molar-refractivity contribution in [1.82, 2.24) is 29.2 Å². The molecule has 0 radical (unpaired) electrons. The summed E-state index contributed by atoms with van der Waals surface area (Å²) >= 11 is 0. The number of piperidine rings is 1. The van der Waals surface area contributed by atoms with Crippen molar-refractivity contribution in [3.8, 4) is 11.3 Å². The van der Waals surface area contributed by atoms with Crippen LogP contribution in [-0.4, -0.2) is 56.5 Å². The summed E-state index contributed by atoms with van der Waals surface area (Å²) in [5.74, 6) is 0.545. The van der Waals surface area contributed by atoms with Crippen molar-refractivity contribution in [1.29, 1.82) is 0 Å². The van der Waals surface area contributed by atoms with Gasteiger partial charge in [0, 0.05) is 31.0 Å².